The number of benzene rings is 2. The molecule has 136 valence electrons. The Morgan fingerprint density at radius 2 is 1.69 bits per heavy atom. The summed E-state index contributed by atoms with van der Waals surface area (Å²) >= 11 is 0. The third-order valence-corrected chi connectivity index (χ3v) is 5.35. The molecule has 0 spiro atoms. The molecule has 2 aliphatic rings. The molecule has 0 bridgehead atoms. The van der Waals surface area contributed by atoms with Crippen molar-refractivity contribution >= 4 is 11.6 Å². The number of nitrogens with zero attached hydrogens (tertiary/aromatic N) is 1. The average molecular weight is 352 g/mol. The van der Waals surface area contributed by atoms with Crippen LogP contribution in [0.1, 0.15) is 24.4 Å². The second-order valence-corrected chi connectivity index (χ2v) is 7.29. The van der Waals surface area contributed by atoms with E-state index in [0.29, 0.717) is 11.8 Å². The third kappa shape index (κ3) is 3.83. The Bertz CT molecular complexity index is 736. The van der Waals surface area contributed by atoms with E-state index < -0.39 is 0 Å². The number of piperazine rings is 1. The summed E-state index contributed by atoms with van der Waals surface area (Å²) in [6, 6.07) is 17.8. The summed E-state index contributed by atoms with van der Waals surface area (Å²) < 4.78 is 0. The summed E-state index contributed by atoms with van der Waals surface area (Å²) in [5.74, 6) is 0.450. The molecule has 1 saturated carbocycles. The maximum atomic E-state index is 12.9. The van der Waals surface area contributed by atoms with Crippen molar-refractivity contribution < 1.29 is 14.8 Å². The van der Waals surface area contributed by atoms with Gasteiger partial charge in [-0.15, -0.1) is 0 Å². The summed E-state index contributed by atoms with van der Waals surface area (Å²) in [6.07, 6.45) is 2.22. The van der Waals surface area contributed by atoms with Crippen molar-refractivity contribution in [2.45, 2.75) is 24.9 Å². The molecule has 1 saturated heterocycles. The number of carbonyl (C=O) groups excluding carboxylic acids is 1. The van der Waals surface area contributed by atoms with E-state index in [1.165, 1.54) is 4.90 Å². The first-order chi connectivity index (χ1) is 12.7. The van der Waals surface area contributed by atoms with Crippen LogP contribution in [0, 0.1) is 0 Å². The van der Waals surface area contributed by atoms with Gasteiger partial charge in [-0.25, -0.2) is 0 Å². The van der Waals surface area contributed by atoms with Gasteiger partial charge in [0, 0.05) is 17.3 Å². The Labute approximate surface area is 154 Å². The van der Waals surface area contributed by atoms with Gasteiger partial charge in [0.25, 0.3) is 5.91 Å². The van der Waals surface area contributed by atoms with Gasteiger partial charge in [-0.3, -0.25) is 4.79 Å². The van der Waals surface area contributed by atoms with E-state index in [1.807, 2.05) is 30.3 Å². The van der Waals surface area contributed by atoms with Crippen LogP contribution < -0.4 is 15.1 Å². The van der Waals surface area contributed by atoms with Crippen molar-refractivity contribution in [3.63, 3.8) is 0 Å². The molecule has 3 N–H and O–H groups in total. The summed E-state index contributed by atoms with van der Waals surface area (Å²) in [4.78, 5) is 16.6. The van der Waals surface area contributed by atoms with E-state index in [0.717, 1.165) is 50.3 Å². The summed E-state index contributed by atoms with van der Waals surface area (Å²) in [5, 5.41) is 12.7. The zero-order chi connectivity index (χ0) is 17.9. The fourth-order valence-corrected chi connectivity index (χ4v) is 3.73. The first-order valence-corrected chi connectivity index (χ1v) is 9.44. The van der Waals surface area contributed by atoms with Gasteiger partial charge in [0.15, 0.2) is 6.04 Å². The third-order valence-electron chi connectivity index (χ3n) is 5.35. The lowest BCUT2D eigenvalue weighted by molar-refractivity contribution is -0.922. The number of carbonyl (C=O) groups is 1. The molecule has 1 aliphatic heterocycles. The molecule has 5 nitrogen and oxygen atoms in total. The van der Waals surface area contributed by atoms with Crippen LogP contribution in [0.25, 0.3) is 0 Å². The molecule has 0 aromatic heterocycles. The Morgan fingerprint density at radius 3 is 2.31 bits per heavy atom. The molecular formula is C21H26N3O2+. The van der Waals surface area contributed by atoms with Crippen molar-refractivity contribution in [2.75, 3.05) is 31.1 Å². The van der Waals surface area contributed by atoms with Gasteiger partial charge >= 0.3 is 0 Å². The molecule has 4 rings (SSSR count). The standard InChI is InChI=1S/C21H25N3O2/c25-19-10-8-18(9-11-19)23-12-14-24(15-13-23)20(16-4-2-1-3-5-16)21(26)22-17-6-7-17/h1-5,8-11,17,20,25H,6-7,12-15H2,(H,22,26)/p+1/t20-/m1/s1. The van der Waals surface area contributed by atoms with E-state index in [9.17, 15) is 9.90 Å². The van der Waals surface area contributed by atoms with Crippen molar-refractivity contribution in [3.05, 3.63) is 60.2 Å². The van der Waals surface area contributed by atoms with E-state index in [4.69, 9.17) is 0 Å². The van der Waals surface area contributed by atoms with E-state index >= 15 is 0 Å². The predicted octanol–water partition coefficient (Wildman–Crippen LogP) is 1.12. The Hall–Kier alpha value is -2.53. The van der Waals surface area contributed by atoms with Gasteiger partial charge in [0.1, 0.15) is 5.75 Å². The molecular weight excluding hydrogens is 326 g/mol. The lowest BCUT2D eigenvalue weighted by Crippen LogP contribution is -3.16. The topological polar surface area (TPSA) is 57.0 Å². The normalized spacial score (nSPS) is 19.2. The first-order valence-electron chi connectivity index (χ1n) is 9.44. The molecule has 2 fully saturated rings. The van der Waals surface area contributed by atoms with Crippen LogP contribution in [0.4, 0.5) is 5.69 Å². The minimum absolute atomic E-state index is 0.140. The van der Waals surface area contributed by atoms with Gasteiger partial charge in [0.05, 0.1) is 26.2 Å². The van der Waals surface area contributed by atoms with Gasteiger partial charge in [-0.1, -0.05) is 30.3 Å². The lowest BCUT2D eigenvalue weighted by atomic mass is 10.0. The largest absolute Gasteiger partial charge is 0.508 e. The molecule has 26 heavy (non-hydrogen) atoms. The molecule has 5 heteroatoms. The minimum Gasteiger partial charge on any atom is -0.508 e. The number of hydrogen-bond acceptors (Lipinski definition) is 3. The van der Waals surface area contributed by atoms with E-state index in [2.05, 4.69) is 22.3 Å². The zero-order valence-electron chi connectivity index (χ0n) is 14.9. The molecule has 0 radical (unpaired) electrons. The van der Waals surface area contributed by atoms with Crippen molar-refractivity contribution in [1.29, 1.82) is 0 Å². The number of amides is 1. The fourth-order valence-electron chi connectivity index (χ4n) is 3.73. The fraction of sp³-hybridized carbons (Fsp3) is 0.381. The number of hydrogen-bond donors (Lipinski definition) is 3. The number of anilines is 1. The van der Waals surface area contributed by atoms with Crippen LogP contribution >= 0.6 is 0 Å². The smallest absolute Gasteiger partial charge is 0.283 e. The van der Waals surface area contributed by atoms with Gasteiger partial charge < -0.3 is 20.2 Å². The number of phenols is 1. The molecule has 1 amide bonds. The highest BCUT2D eigenvalue weighted by molar-refractivity contribution is 5.82. The van der Waals surface area contributed by atoms with Crippen LogP contribution in [0.5, 0.6) is 5.75 Å². The van der Waals surface area contributed by atoms with Crippen molar-refractivity contribution in [2.24, 2.45) is 0 Å². The maximum Gasteiger partial charge on any atom is 0.283 e. The number of phenolic OH excluding ortho intramolecular Hbond substituents is 1. The summed E-state index contributed by atoms with van der Waals surface area (Å²) in [7, 11) is 0. The van der Waals surface area contributed by atoms with Crippen LogP contribution in [-0.4, -0.2) is 43.2 Å². The van der Waals surface area contributed by atoms with Gasteiger partial charge in [-0.2, -0.15) is 0 Å². The van der Waals surface area contributed by atoms with Gasteiger partial charge in [0.2, 0.25) is 0 Å². The maximum absolute atomic E-state index is 12.9. The van der Waals surface area contributed by atoms with E-state index in [-0.39, 0.29) is 11.9 Å². The molecule has 1 heterocycles. The predicted molar refractivity (Wildman–Crippen MR) is 101 cm³/mol. The Balaban J connectivity index is 1.46. The SMILES string of the molecule is O=C(NC1CC1)[C@@H](c1ccccc1)[NH+]1CCN(c2ccc(O)cc2)CC1. The van der Waals surface area contributed by atoms with Gasteiger partial charge in [-0.05, 0) is 37.1 Å². The van der Waals surface area contributed by atoms with Crippen LogP contribution in [0.15, 0.2) is 54.6 Å². The second-order valence-electron chi connectivity index (χ2n) is 7.29. The first kappa shape index (κ1) is 16.9. The number of quaternary nitrogens is 1. The van der Waals surface area contributed by atoms with Crippen LogP contribution in [0.3, 0.4) is 0 Å². The molecule has 0 unspecified atom stereocenters. The molecule has 2 aromatic carbocycles. The average Bonchev–Trinajstić information content (AvgIpc) is 3.48. The Kier molecular flexibility index (Phi) is 4.80. The zero-order valence-corrected chi connectivity index (χ0v) is 14.9. The van der Waals surface area contributed by atoms with Crippen LogP contribution in [-0.2, 0) is 4.79 Å². The monoisotopic (exact) mass is 352 g/mol. The highest BCUT2D eigenvalue weighted by Crippen LogP contribution is 2.21. The minimum atomic E-state index is -0.140. The number of aromatic hydroxyl groups is 1. The number of rotatable bonds is 5. The number of nitrogens with one attached hydrogen (secondary N) is 2. The molecule has 1 aliphatic carbocycles. The molecule has 2 aromatic rings. The van der Waals surface area contributed by atoms with Crippen LogP contribution in [0.2, 0.25) is 0 Å². The Morgan fingerprint density at radius 1 is 1.04 bits per heavy atom. The summed E-state index contributed by atoms with van der Waals surface area (Å²) in [5.41, 5.74) is 2.22. The quantitative estimate of drug-likeness (QED) is 0.756. The second kappa shape index (κ2) is 7.38. The van der Waals surface area contributed by atoms with E-state index in [1.54, 1.807) is 12.1 Å². The highest BCUT2D eigenvalue weighted by atomic mass is 16.3. The highest BCUT2D eigenvalue weighted by Gasteiger charge is 2.36. The lowest BCUT2D eigenvalue weighted by Gasteiger charge is -2.37. The van der Waals surface area contributed by atoms with Crippen molar-refractivity contribution in [3.8, 4) is 5.75 Å². The van der Waals surface area contributed by atoms with Crippen molar-refractivity contribution in [1.82, 2.24) is 5.32 Å². The molecule has 1 atom stereocenters. The summed E-state index contributed by atoms with van der Waals surface area (Å²) in [6.45, 7) is 3.64.